The zero-order chi connectivity index (χ0) is 50.2. The first-order chi connectivity index (χ1) is 32.4. The second kappa shape index (κ2) is 16.6. The van der Waals surface area contributed by atoms with Crippen LogP contribution in [0.15, 0.2) is 23.8 Å². The smallest absolute Gasteiger partial charge is 0.339 e. The Hall–Kier alpha value is -4.89. The molecular weight excluding hydrogens is 905 g/mol. The van der Waals surface area contributed by atoms with Gasteiger partial charge < -0.3 is 80.2 Å². The molecule has 4 saturated carbocycles. The van der Waals surface area contributed by atoms with Gasteiger partial charge in [-0.2, -0.15) is 0 Å². The third kappa shape index (κ3) is 6.59. The second-order valence-corrected chi connectivity index (χ2v) is 22.0. The molecule has 69 heavy (non-hydrogen) atoms. The van der Waals surface area contributed by atoms with Gasteiger partial charge in [-0.3, -0.25) is 4.79 Å². The number of allylic oxidation sites excluding steroid dienone is 2. The number of benzene rings is 2. The lowest BCUT2D eigenvalue weighted by atomic mass is 9.33. The molecule has 0 amide bonds. The number of aliphatic hydroxyl groups excluding tert-OH is 6. The zero-order valence-corrected chi connectivity index (χ0v) is 39.2. The number of carbonyl (C=O) groups is 3. The van der Waals surface area contributed by atoms with Gasteiger partial charge in [0.1, 0.15) is 36.6 Å². The van der Waals surface area contributed by atoms with Crippen LogP contribution in [-0.4, -0.2) is 142 Å². The Morgan fingerprint density at radius 3 is 1.91 bits per heavy atom. The van der Waals surface area contributed by atoms with Crippen LogP contribution in [0.25, 0.3) is 11.1 Å². The molecule has 19 heteroatoms. The van der Waals surface area contributed by atoms with E-state index in [1.54, 1.807) is 0 Å². The lowest BCUT2D eigenvalue weighted by Crippen LogP contribution is -2.70. The first-order valence-corrected chi connectivity index (χ1v) is 23.8. The van der Waals surface area contributed by atoms with Gasteiger partial charge >= 0.3 is 17.9 Å². The number of hydrogen-bond donors (Lipinski definition) is 12. The molecule has 0 radical (unpaired) electrons. The Kier molecular flexibility index (Phi) is 11.8. The van der Waals surface area contributed by atoms with Crippen LogP contribution in [0.1, 0.15) is 107 Å². The normalized spacial score (nSPS) is 41.2. The molecule has 0 unspecified atom stereocenters. The highest BCUT2D eigenvalue weighted by Gasteiger charge is 2.73. The summed E-state index contributed by atoms with van der Waals surface area (Å²) >= 11 is 0. The molecule has 16 atom stereocenters. The lowest BCUT2D eigenvalue weighted by Gasteiger charge is -2.72. The van der Waals surface area contributed by atoms with Crippen LogP contribution in [0.2, 0.25) is 0 Å². The van der Waals surface area contributed by atoms with Crippen molar-refractivity contribution in [2.24, 2.45) is 56.7 Å². The molecule has 1 saturated heterocycles. The van der Waals surface area contributed by atoms with Crippen molar-refractivity contribution in [1.82, 2.24) is 0 Å². The molecule has 0 spiro atoms. The molecule has 7 aliphatic rings. The van der Waals surface area contributed by atoms with Crippen molar-refractivity contribution in [3.8, 4) is 45.6 Å². The van der Waals surface area contributed by atoms with Crippen molar-refractivity contribution < 1.29 is 94.6 Å². The van der Waals surface area contributed by atoms with Gasteiger partial charge in [-0.05, 0) is 109 Å². The average molecular weight is 969 g/mol. The first-order valence-electron chi connectivity index (χ1n) is 23.8. The van der Waals surface area contributed by atoms with Gasteiger partial charge in [0.15, 0.2) is 23.0 Å². The number of aromatic hydroxyl groups is 6. The third-order valence-electron chi connectivity index (χ3n) is 19.3. The third-order valence-corrected chi connectivity index (χ3v) is 19.3. The molecule has 2 heterocycles. The van der Waals surface area contributed by atoms with Gasteiger partial charge in [-0.1, -0.05) is 46.3 Å². The first kappa shape index (κ1) is 49.1. The molecule has 19 nitrogen and oxygen atoms in total. The summed E-state index contributed by atoms with van der Waals surface area (Å²) in [5.74, 6) is -10.7. The van der Waals surface area contributed by atoms with Crippen LogP contribution in [0, 0.1) is 56.7 Å². The predicted octanol–water partition coefficient (Wildman–Crippen LogP) is 3.21. The molecule has 2 aromatic rings. The summed E-state index contributed by atoms with van der Waals surface area (Å²) < 4.78 is 24.0. The van der Waals surface area contributed by atoms with E-state index >= 15 is 0 Å². The van der Waals surface area contributed by atoms with Crippen molar-refractivity contribution in [1.29, 1.82) is 0 Å². The van der Waals surface area contributed by atoms with E-state index in [0.29, 0.717) is 44.9 Å². The van der Waals surface area contributed by atoms with Gasteiger partial charge in [0.25, 0.3) is 0 Å². The number of aliphatic hydroxyl groups is 6. The van der Waals surface area contributed by atoms with E-state index in [-0.39, 0.29) is 30.1 Å². The highest BCUT2D eigenvalue weighted by Crippen LogP contribution is 2.76. The standard InChI is InChI=1S/C50H64O19/c1-20-8-11-49(45(65)69-44-40(62)39(61)36(58)28(17-51)67-44)13-12-47(4)24(33(49)21(20)2)6-7-29-46(3)16-27-41(50(18-52,19-53)30(46)9-10-48(29,47)5)68-43(64)23-15-26(55)35(57)38(60)32(23)31-22(42(63)66-27)14-25(54)34(56)37(31)59/h6,14-15,20-21,27-30,33,36,39-41,44,51-62H,7-13,16-19H2,1-5H3/t20-,21+,27-,28-,29-,30+,33+,36-,39+,40-,41+,44+,46-,47-,48-,49+/m1/s1. The highest BCUT2D eigenvalue weighted by atomic mass is 16.7. The van der Waals surface area contributed by atoms with Crippen LogP contribution < -0.4 is 0 Å². The summed E-state index contributed by atoms with van der Waals surface area (Å²) in [6.45, 7) is 8.52. The Labute approximate surface area is 397 Å². The van der Waals surface area contributed by atoms with Crippen LogP contribution in [0.3, 0.4) is 0 Å². The fraction of sp³-hybridized carbons (Fsp3) is 0.660. The quantitative estimate of drug-likeness (QED) is 0.0886. The van der Waals surface area contributed by atoms with Crippen LogP contribution >= 0.6 is 0 Å². The topological polar surface area (TPSA) is 331 Å². The molecule has 0 bridgehead atoms. The lowest BCUT2D eigenvalue weighted by molar-refractivity contribution is -0.298. The van der Waals surface area contributed by atoms with E-state index in [9.17, 15) is 75.7 Å². The number of carbonyl (C=O) groups excluding carboxylic acids is 3. The summed E-state index contributed by atoms with van der Waals surface area (Å²) in [4.78, 5) is 43.9. The monoisotopic (exact) mass is 968 g/mol. The number of esters is 3. The number of hydrogen-bond acceptors (Lipinski definition) is 19. The number of fused-ring (bicyclic) bond motifs is 11. The van der Waals surface area contributed by atoms with Crippen molar-refractivity contribution in [2.75, 3.05) is 19.8 Å². The SMILES string of the molecule is C[C@H]1[C@H](C)CC[C@]2(C(=O)O[C@@H]3O[C@H](CO)[C@@H](O)[C@H](O)[C@H]3O)CC[C@]3(C)C(=CC[C@@H]4[C@@]5(C)C[C@H]6OC(=O)c7cc(O)c(O)c(O)c7-c7c(cc(O)c(O)c7O)C(=O)O[C@@H]6C(CO)(CO)[C@H]5CC[C@]43C)[C@H]12. The molecule has 12 N–H and O–H groups in total. The van der Waals surface area contributed by atoms with Gasteiger partial charge in [0, 0.05) is 11.1 Å². The van der Waals surface area contributed by atoms with Crippen LogP contribution in [0.4, 0.5) is 0 Å². The molecular formula is C50H64O19. The van der Waals surface area contributed by atoms with Gasteiger partial charge in [0.2, 0.25) is 17.8 Å². The van der Waals surface area contributed by atoms with Crippen LogP contribution in [-0.2, 0) is 23.7 Å². The second-order valence-electron chi connectivity index (χ2n) is 22.0. The van der Waals surface area contributed by atoms with Gasteiger partial charge in [-0.15, -0.1) is 0 Å². The molecule has 5 fully saturated rings. The zero-order valence-electron chi connectivity index (χ0n) is 39.2. The van der Waals surface area contributed by atoms with Gasteiger partial charge in [-0.25, -0.2) is 9.59 Å². The van der Waals surface area contributed by atoms with Crippen molar-refractivity contribution in [2.45, 2.75) is 129 Å². The van der Waals surface area contributed by atoms with E-state index in [1.165, 1.54) is 0 Å². The minimum Gasteiger partial charge on any atom is -0.504 e. The molecule has 2 aliphatic heterocycles. The van der Waals surface area contributed by atoms with Gasteiger partial charge in [0.05, 0.1) is 41.8 Å². The minimum atomic E-state index is -1.77. The number of phenolic OH excluding ortho intramolecular Hbond substituents is 6. The maximum Gasteiger partial charge on any atom is 0.339 e. The summed E-state index contributed by atoms with van der Waals surface area (Å²) in [7, 11) is 0. The molecule has 0 aromatic heterocycles. The predicted molar refractivity (Wildman–Crippen MR) is 237 cm³/mol. The van der Waals surface area contributed by atoms with E-state index in [4.69, 9.17) is 18.9 Å². The van der Waals surface area contributed by atoms with E-state index in [1.807, 2.05) is 6.92 Å². The Balaban J connectivity index is 1.13. The Morgan fingerprint density at radius 2 is 1.33 bits per heavy atom. The van der Waals surface area contributed by atoms with E-state index < -0.39 is 170 Å². The van der Waals surface area contributed by atoms with Crippen molar-refractivity contribution >= 4 is 17.9 Å². The van der Waals surface area contributed by atoms with Crippen molar-refractivity contribution in [3.63, 3.8) is 0 Å². The maximum absolute atomic E-state index is 14.8. The summed E-state index contributed by atoms with van der Waals surface area (Å²) in [6.07, 6.45) is -5.36. The number of rotatable bonds is 5. The van der Waals surface area contributed by atoms with Crippen molar-refractivity contribution in [3.05, 3.63) is 34.9 Å². The molecule has 2 aromatic carbocycles. The fourth-order valence-corrected chi connectivity index (χ4v) is 15.2. The maximum atomic E-state index is 14.8. The fourth-order valence-electron chi connectivity index (χ4n) is 15.2. The Morgan fingerprint density at radius 1 is 0.739 bits per heavy atom. The summed E-state index contributed by atoms with van der Waals surface area (Å²) in [6, 6.07) is 1.48. The molecule has 378 valence electrons. The molecule has 9 rings (SSSR count). The van der Waals surface area contributed by atoms with E-state index in [2.05, 4.69) is 33.8 Å². The molecule has 5 aliphatic carbocycles. The number of ether oxygens (including phenoxy) is 4. The highest BCUT2D eigenvalue weighted by molar-refractivity contribution is 6.08. The van der Waals surface area contributed by atoms with Crippen LogP contribution in [0.5, 0.6) is 34.5 Å². The number of phenols is 6. The average Bonchev–Trinajstić information content (AvgIpc) is 3.31. The van der Waals surface area contributed by atoms with E-state index in [0.717, 1.165) is 17.7 Å². The Bertz CT molecular complexity index is 2480. The summed E-state index contributed by atoms with van der Waals surface area (Å²) in [5, 5.41) is 130. The minimum absolute atomic E-state index is 0.0131. The summed E-state index contributed by atoms with van der Waals surface area (Å²) in [5.41, 5.74) is -6.49. The largest absolute Gasteiger partial charge is 0.504 e.